The van der Waals surface area contributed by atoms with Gasteiger partial charge in [-0.25, -0.2) is 0 Å². The first-order valence-electron chi connectivity index (χ1n) is 9.52. The van der Waals surface area contributed by atoms with Gasteiger partial charge in [0.05, 0.1) is 0 Å². The van der Waals surface area contributed by atoms with Crippen LogP contribution in [-0.2, 0) is 6.42 Å². The Bertz CT molecular complexity index is 683. The Balaban J connectivity index is 2.94. The molecule has 1 rings (SSSR count). The molecule has 1 aromatic carbocycles. The summed E-state index contributed by atoms with van der Waals surface area (Å²) < 4.78 is 0. The number of aliphatic imine (C=N–C) groups is 1. The fraction of sp³-hybridized carbons (Fsp3) is 0.435. The van der Waals surface area contributed by atoms with E-state index in [4.69, 9.17) is 4.99 Å². The lowest BCUT2D eigenvalue weighted by Gasteiger charge is -2.15. The second kappa shape index (κ2) is 11.9. The number of unbranched alkanes of at least 4 members (excludes halogenated alkanes) is 1. The summed E-state index contributed by atoms with van der Waals surface area (Å²) in [5.74, 6) is 0.979. The Hall–Kier alpha value is -1.66. The van der Waals surface area contributed by atoms with Crippen molar-refractivity contribution in [3.63, 3.8) is 0 Å². The first kappa shape index (κ1) is 22.4. The van der Waals surface area contributed by atoms with Crippen molar-refractivity contribution in [2.45, 2.75) is 53.4 Å². The Kier molecular flexibility index (Phi) is 10.2. The van der Waals surface area contributed by atoms with Gasteiger partial charge in [0.25, 0.3) is 0 Å². The molecule has 1 aromatic rings. The number of nitrogens with zero attached hydrogens (tertiary/aromatic N) is 1. The van der Waals surface area contributed by atoms with Crippen molar-refractivity contribution in [1.82, 2.24) is 5.32 Å². The number of hydrogen-bond donors (Lipinski definition) is 1. The zero-order valence-corrected chi connectivity index (χ0v) is 18.2. The summed E-state index contributed by atoms with van der Waals surface area (Å²) in [5, 5.41) is 4.80. The summed E-state index contributed by atoms with van der Waals surface area (Å²) >= 11 is 0. The van der Waals surface area contributed by atoms with Crippen molar-refractivity contribution in [2.75, 3.05) is 13.2 Å². The Labute approximate surface area is 162 Å². The molecule has 0 saturated heterocycles. The molecule has 0 bridgehead atoms. The average Bonchev–Trinajstić information content (AvgIpc) is 2.61. The van der Waals surface area contributed by atoms with E-state index in [0.717, 1.165) is 57.9 Å². The average molecular weight is 371 g/mol. The molecule has 0 aliphatic rings. The molecular formula is C23H35N2P. The third kappa shape index (κ3) is 7.30. The molecule has 0 saturated carbocycles. The Morgan fingerprint density at radius 1 is 1.27 bits per heavy atom. The van der Waals surface area contributed by atoms with E-state index < -0.39 is 0 Å². The lowest BCUT2D eigenvalue weighted by molar-refractivity contribution is 0.802. The van der Waals surface area contributed by atoms with Gasteiger partial charge in [0, 0.05) is 12.2 Å². The molecule has 1 N–H and O–H groups in total. The maximum atomic E-state index is 4.78. The maximum Gasteiger partial charge on any atom is 0.127 e. The number of allylic oxidation sites excluding steroid dienone is 3. The number of nitrogens with one attached hydrogen (secondary N) is 1. The van der Waals surface area contributed by atoms with Gasteiger partial charge in [-0.15, -0.1) is 0 Å². The molecule has 1 unspecified atom stereocenters. The predicted octanol–water partition coefficient (Wildman–Crippen LogP) is 5.85. The summed E-state index contributed by atoms with van der Waals surface area (Å²) in [5.41, 5.74) is 5.99. The summed E-state index contributed by atoms with van der Waals surface area (Å²) in [6.45, 7) is 19.5. The van der Waals surface area contributed by atoms with E-state index in [9.17, 15) is 0 Å². The Morgan fingerprint density at radius 2 is 2.00 bits per heavy atom. The molecule has 3 heteroatoms. The van der Waals surface area contributed by atoms with E-state index in [1.54, 1.807) is 0 Å². The van der Waals surface area contributed by atoms with Crippen molar-refractivity contribution in [3.8, 4) is 0 Å². The van der Waals surface area contributed by atoms with Crippen molar-refractivity contribution >= 4 is 25.3 Å². The summed E-state index contributed by atoms with van der Waals surface area (Å²) in [4.78, 5) is 4.78. The van der Waals surface area contributed by atoms with Crippen LogP contribution in [0.1, 0.15) is 58.1 Å². The third-order valence-electron chi connectivity index (χ3n) is 4.30. The fourth-order valence-electron chi connectivity index (χ4n) is 2.73. The molecule has 0 spiro atoms. The van der Waals surface area contributed by atoms with Gasteiger partial charge in [-0.05, 0) is 74.8 Å². The number of benzene rings is 1. The molecule has 0 radical (unpaired) electrons. The van der Waals surface area contributed by atoms with E-state index in [1.807, 2.05) is 6.92 Å². The van der Waals surface area contributed by atoms with E-state index in [0.29, 0.717) is 0 Å². The van der Waals surface area contributed by atoms with Crippen LogP contribution in [0.4, 0.5) is 0 Å². The van der Waals surface area contributed by atoms with Crippen LogP contribution in [0.25, 0.3) is 5.57 Å². The lowest BCUT2D eigenvalue weighted by Crippen LogP contribution is -2.24. The molecule has 0 amide bonds. The van der Waals surface area contributed by atoms with Crippen molar-refractivity contribution in [1.29, 1.82) is 0 Å². The minimum atomic E-state index is 0.792. The van der Waals surface area contributed by atoms with Gasteiger partial charge in [0.15, 0.2) is 0 Å². The summed E-state index contributed by atoms with van der Waals surface area (Å²) in [6, 6.07) is 6.76. The fourth-order valence-corrected chi connectivity index (χ4v) is 3.56. The SMILES string of the molecule is C=C(C)NC(=NCCCC)/C(=C\C)CCc1ccc(C(=C)C)cc1PC. The van der Waals surface area contributed by atoms with E-state index >= 15 is 0 Å². The highest BCUT2D eigenvalue weighted by Crippen LogP contribution is 2.19. The van der Waals surface area contributed by atoms with Crippen LogP contribution < -0.4 is 10.6 Å². The zero-order valence-electron chi connectivity index (χ0n) is 17.2. The third-order valence-corrected chi connectivity index (χ3v) is 5.31. The van der Waals surface area contributed by atoms with Gasteiger partial charge in [-0.3, -0.25) is 4.99 Å². The predicted molar refractivity (Wildman–Crippen MR) is 122 cm³/mol. The van der Waals surface area contributed by atoms with E-state index in [2.05, 4.69) is 70.2 Å². The normalized spacial score (nSPS) is 12.7. The van der Waals surface area contributed by atoms with Crippen LogP contribution in [0.15, 0.2) is 53.7 Å². The molecule has 0 aliphatic heterocycles. The second-order valence-electron chi connectivity index (χ2n) is 6.71. The van der Waals surface area contributed by atoms with Gasteiger partial charge in [0.1, 0.15) is 5.84 Å². The van der Waals surface area contributed by atoms with Crippen LogP contribution in [0.2, 0.25) is 0 Å². The lowest BCUT2D eigenvalue weighted by atomic mass is 10.0. The molecule has 0 heterocycles. The summed E-state index contributed by atoms with van der Waals surface area (Å²) in [6.07, 6.45) is 6.45. The van der Waals surface area contributed by atoms with Crippen molar-refractivity contribution in [2.24, 2.45) is 4.99 Å². The molecule has 26 heavy (non-hydrogen) atoms. The molecule has 0 fully saturated rings. The van der Waals surface area contributed by atoms with Gasteiger partial charge >= 0.3 is 0 Å². The standard InChI is InChI=1S/C23H35N2P/c1-8-10-15-24-23(25-18(5)6)19(9-2)11-12-20-13-14-21(17(3)4)16-22(20)26-7/h9,13-14,16,26H,3,5,8,10-12,15H2,1-2,4,6-7H3,(H,24,25)/b19-9-. The number of hydrogen-bond acceptors (Lipinski definition) is 1. The van der Waals surface area contributed by atoms with Gasteiger partial charge in [0.2, 0.25) is 0 Å². The van der Waals surface area contributed by atoms with Crippen LogP contribution in [-0.4, -0.2) is 19.0 Å². The first-order valence-corrected chi connectivity index (χ1v) is 11.0. The number of aryl methyl sites for hydroxylation is 1. The minimum absolute atomic E-state index is 0.792. The highest BCUT2D eigenvalue weighted by atomic mass is 31.1. The number of rotatable bonds is 10. The highest BCUT2D eigenvalue weighted by Gasteiger charge is 2.09. The first-order chi connectivity index (χ1) is 12.4. The topological polar surface area (TPSA) is 24.4 Å². The maximum absolute atomic E-state index is 4.78. The molecule has 0 aliphatic carbocycles. The van der Waals surface area contributed by atoms with E-state index in [1.165, 1.54) is 22.0 Å². The van der Waals surface area contributed by atoms with Crippen LogP contribution in [0.5, 0.6) is 0 Å². The minimum Gasteiger partial charge on any atom is -0.345 e. The summed E-state index contributed by atoms with van der Waals surface area (Å²) in [7, 11) is 0.792. The van der Waals surface area contributed by atoms with E-state index in [-0.39, 0.29) is 0 Å². The van der Waals surface area contributed by atoms with Crippen molar-refractivity contribution < 1.29 is 0 Å². The van der Waals surface area contributed by atoms with Gasteiger partial charge in [-0.2, -0.15) is 0 Å². The quantitative estimate of drug-likeness (QED) is 0.237. The smallest absolute Gasteiger partial charge is 0.127 e. The highest BCUT2D eigenvalue weighted by molar-refractivity contribution is 7.46. The zero-order chi connectivity index (χ0) is 19.5. The molecule has 142 valence electrons. The molecule has 2 nitrogen and oxygen atoms in total. The monoisotopic (exact) mass is 370 g/mol. The van der Waals surface area contributed by atoms with Gasteiger partial charge in [-0.1, -0.05) is 58.9 Å². The molecule has 1 atom stereocenters. The van der Waals surface area contributed by atoms with Crippen LogP contribution in [0, 0.1) is 0 Å². The van der Waals surface area contributed by atoms with Crippen LogP contribution in [0.3, 0.4) is 0 Å². The largest absolute Gasteiger partial charge is 0.345 e. The Morgan fingerprint density at radius 3 is 2.54 bits per heavy atom. The van der Waals surface area contributed by atoms with Crippen molar-refractivity contribution in [3.05, 3.63) is 59.8 Å². The molecule has 0 aromatic heterocycles. The van der Waals surface area contributed by atoms with Crippen LogP contribution >= 0.6 is 8.58 Å². The molecular weight excluding hydrogens is 335 g/mol. The van der Waals surface area contributed by atoms with Gasteiger partial charge < -0.3 is 5.32 Å². The second-order valence-corrected chi connectivity index (χ2v) is 7.74. The number of amidine groups is 1.